The molecule has 28 heavy (non-hydrogen) atoms. The van der Waals surface area contributed by atoms with Crippen molar-refractivity contribution in [2.75, 3.05) is 5.33 Å². The van der Waals surface area contributed by atoms with Gasteiger partial charge in [0.15, 0.2) is 0 Å². The number of nitrogens with one attached hydrogen (secondary N) is 2. The van der Waals surface area contributed by atoms with Gasteiger partial charge >= 0.3 is 0 Å². The summed E-state index contributed by atoms with van der Waals surface area (Å²) in [4.78, 5) is 16.4. The molecule has 138 valence electrons. The first-order valence-electron chi connectivity index (χ1n) is 9.38. The van der Waals surface area contributed by atoms with Crippen molar-refractivity contribution in [2.45, 2.75) is 12.8 Å². The number of hydrogen-bond acceptors (Lipinski definition) is 2. The monoisotopic (exact) mass is 430 g/mol. The van der Waals surface area contributed by atoms with Crippen LogP contribution in [0.1, 0.15) is 34.8 Å². The first-order valence-corrected chi connectivity index (χ1v) is 10.5. The summed E-state index contributed by atoms with van der Waals surface area (Å²) in [5.74, 6) is 0. The van der Waals surface area contributed by atoms with Crippen molar-refractivity contribution in [2.24, 2.45) is 0 Å². The van der Waals surface area contributed by atoms with Gasteiger partial charge < -0.3 is 9.97 Å². The van der Waals surface area contributed by atoms with E-state index in [0.717, 1.165) is 63.0 Å². The fourth-order valence-corrected chi connectivity index (χ4v) is 3.82. The van der Waals surface area contributed by atoms with E-state index < -0.39 is 0 Å². The summed E-state index contributed by atoms with van der Waals surface area (Å²) in [7, 11) is 0. The summed E-state index contributed by atoms with van der Waals surface area (Å²) >= 11 is 3.54. The van der Waals surface area contributed by atoms with Gasteiger partial charge in [-0.15, -0.1) is 0 Å². The van der Waals surface area contributed by atoms with Gasteiger partial charge in [0, 0.05) is 27.4 Å². The highest BCUT2D eigenvalue weighted by atomic mass is 79.9. The molecule has 0 saturated heterocycles. The highest BCUT2D eigenvalue weighted by Gasteiger charge is 2.05. The van der Waals surface area contributed by atoms with Gasteiger partial charge in [0.2, 0.25) is 0 Å². The lowest BCUT2D eigenvalue weighted by molar-refractivity contribution is 0.949. The van der Waals surface area contributed by atoms with Gasteiger partial charge in [-0.05, 0) is 85.2 Å². The maximum atomic E-state index is 4.75. The van der Waals surface area contributed by atoms with Gasteiger partial charge in [-0.1, -0.05) is 15.9 Å². The van der Waals surface area contributed by atoms with E-state index in [4.69, 9.17) is 9.97 Å². The molecular formula is C23H19BrN4. The molecule has 0 radical (unpaired) electrons. The van der Waals surface area contributed by atoms with Gasteiger partial charge in [0.25, 0.3) is 0 Å². The number of rotatable bonds is 3. The summed E-state index contributed by atoms with van der Waals surface area (Å²) in [6.45, 7) is 0. The molecule has 4 nitrogen and oxygen atoms in total. The van der Waals surface area contributed by atoms with E-state index >= 15 is 0 Å². The molecule has 0 spiro atoms. The Bertz CT molecular complexity index is 1260. The molecule has 5 heterocycles. The van der Waals surface area contributed by atoms with Gasteiger partial charge in [0.1, 0.15) is 0 Å². The number of aromatic amines is 2. The first kappa shape index (κ1) is 17.2. The number of nitrogens with zero attached hydrogens (tertiary/aromatic N) is 2. The Balaban J connectivity index is 1.79. The molecule has 5 rings (SSSR count). The van der Waals surface area contributed by atoms with Crippen LogP contribution in [0.25, 0.3) is 46.4 Å². The fourth-order valence-electron chi connectivity index (χ4n) is 3.54. The van der Waals surface area contributed by atoms with Crippen LogP contribution in [0.3, 0.4) is 0 Å². The van der Waals surface area contributed by atoms with Crippen LogP contribution in [0.4, 0.5) is 0 Å². The lowest BCUT2D eigenvalue weighted by Gasteiger charge is -1.94. The van der Waals surface area contributed by atoms with E-state index in [2.05, 4.69) is 74.4 Å². The van der Waals surface area contributed by atoms with Crippen LogP contribution in [0, 0.1) is 0 Å². The van der Waals surface area contributed by atoms with Crippen LogP contribution in [-0.4, -0.2) is 25.3 Å². The zero-order valence-corrected chi connectivity index (χ0v) is 16.8. The fraction of sp³-hybridized carbons (Fsp3) is 0.130. The molecule has 0 amide bonds. The molecule has 2 aliphatic rings. The van der Waals surface area contributed by atoms with Crippen LogP contribution in [0.2, 0.25) is 0 Å². The number of aromatic nitrogens is 4. The highest BCUT2D eigenvalue weighted by molar-refractivity contribution is 9.09. The van der Waals surface area contributed by atoms with E-state index in [1.54, 1.807) is 0 Å². The molecule has 8 bridgehead atoms. The summed E-state index contributed by atoms with van der Waals surface area (Å²) in [5, 5.41) is 0.992. The van der Waals surface area contributed by atoms with Gasteiger partial charge in [0.05, 0.1) is 22.8 Å². The number of halogens is 1. The van der Waals surface area contributed by atoms with Crippen molar-refractivity contribution in [1.29, 1.82) is 0 Å². The highest BCUT2D eigenvalue weighted by Crippen LogP contribution is 2.20. The van der Waals surface area contributed by atoms with E-state index in [0.29, 0.717) is 0 Å². The first-order chi connectivity index (χ1) is 13.7. The number of hydrogen-bond donors (Lipinski definition) is 2. The molecular weight excluding hydrogens is 412 g/mol. The molecule has 0 saturated carbocycles. The number of H-pyrrole nitrogens is 2. The van der Waals surface area contributed by atoms with Crippen LogP contribution in [0.5, 0.6) is 0 Å². The van der Waals surface area contributed by atoms with Crippen LogP contribution in [-0.2, 0) is 6.42 Å². The van der Waals surface area contributed by atoms with Gasteiger partial charge in [-0.25, -0.2) is 9.97 Å². The minimum absolute atomic E-state index is 0.943. The average molecular weight is 431 g/mol. The molecule has 0 aliphatic carbocycles. The summed E-state index contributed by atoms with van der Waals surface area (Å²) < 4.78 is 0. The molecule has 3 aromatic rings. The zero-order valence-electron chi connectivity index (χ0n) is 15.2. The second-order valence-corrected chi connectivity index (χ2v) is 7.79. The third-order valence-corrected chi connectivity index (χ3v) is 5.39. The minimum Gasteiger partial charge on any atom is -0.355 e. The molecule has 0 atom stereocenters. The normalized spacial score (nSPS) is 12.6. The number of fused-ring (bicyclic) bond motifs is 8. The second kappa shape index (κ2) is 7.24. The van der Waals surface area contributed by atoms with Crippen molar-refractivity contribution in [1.82, 2.24) is 19.9 Å². The molecule has 2 N–H and O–H groups in total. The Morgan fingerprint density at radius 3 is 1.86 bits per heavy atom. The topological polar surface area (TPSA) is 57.4 Å². The number of alkyl halides is 1. The van der Waals surface area contributed by atoms with E-state index in [9.17, 15) is 0 Å². The van der Waals surface area contributed by atoms with Crippen molar-refractivity contribution < 1.29 is 0 Å². The largest absolute Gasteiger partial charge is 0.355 e. The van der Waals surface area contributed by atoms with Crippen molar-refractivity contribution >= 4 is 62.3 Å². The van der Waals surface area contributed by atoms with E-state index in [1.807, 2.05) is 18.2 Å². The van der Waals surface area contributed by atoms with E-state index in [1.165, 1.54) is 5.56 Å². The predicted octanol–water partition coefficient (Wildman–Crippen LogP) is 5.98. The van der Waals surface area contributed by atoms with Gasteiger partial charge in [-0.2, -0.15) is 0 Å². The Morgan fingerprint density at radius 2 is 1.25 bits per heavy atom. The summed E-state index contributed by atoms with van der Waals surface area (Å²) in [6.07, 6.45) is 10.3. The van der Waals surface area contributed by atoms with Crippen LogP contribution < -0.4 is 0 Å². The summed E-state index contributed by atoms with van der Waals surface area (Å²) in [5.41, 5.74) is 9.33. The Kier molecular flexibility index (Phi) is 4.45. The maximum absolute atomic E-state index is 4.75. The standard InChI is InChI=1S/C23H19BrN4/c24-9-1-2-15-10-22-13-20-6-5-18(26-20)11-16-3-4-17(25-16)12-19-7-8-21(27-19)14-23(15)28-22/h3-8,10-14,25,28H,1-2,9H2. The third-order valence-electron chi connectivity index (χ3n) is 4.83. The van der Waals surface area contributed by atoms with Crippen LogP contribution in [0.15, 0.2) is 42.5 Å². The zero-order chi connectivity index (χ0) is 18.9. The van der Waals surface area contributed by atoms with Gasteiger partial charge in [-0.3, -0.25) is 0 Å². The third kappa shape index (κ3) is 3.58. The van der Waals surface area contributed by atoms with E-state index in [-0.39, 0.29) is 0 Å². The smallest absolute Gasteiger partial charge is 0.0658 e. The summed E-state index contributed by atoms with van der Waals surface area (Å²) in [6, 6.07) is 14.7. The van der Waals surface area contributed by atoms with Crippen molar-refractivity contribution in [3.05, 3.63) is 70.8 Å². The molecule has 5 heteroatoms. The molecule has 0 aromatic carbocycles. The SMILES string of the molecule is BrCCCc1cc2cc3nc(cc4ccc(cc5nc(cc1[nH]2)C=C5)[nH]4)C=C3. The Labute approximate surface area is 171 Å². The van der Waals surface area contributed by atoms with Crippen molar-refractivity contribution in [3.63, 3.8) is 0 Å². The molecule has 3 aromatic heterocycles. The lowest BCUT2D eigenvalue weighted by Crippen LogP contribution is -1.84. The lowest BCUT2D eigenvalue weighted by atomic mass is 10.1. The minimum atomic E-state index is 0.943. The molecule has 0 unspecified atom stereocenters. The Morgan fingerprint density at radius 1 is 0.679 bits per heavy atom. The van der Waals surface area contributed by atoms with Crippen LogP contribution >= 0.6 is 15.9 Å². The quantitative estimate of drug-likeness (QED) is 0.345. The average Bonchev–Trinajstić information content (AvgIpc) is 3.45. The second-order valence-electron chi connectivity index (χ2n) is 6.99. The van der Waals surface area contributed by atoms with Crippen molar-refractivity contribution in [3.8, 4) is 0 Å². The Hall–Kier alpha value is -2.92. The predicted molar refractivity (Wildman–Crippen MR) is 121 cm³/mol. The number of aryl methyl sites for hydroxylation is 1. The molecule has 0 fully saturated rings. The maximum Gasteiger partial charge on any atom is 0.0658 e. The molecule has 2 aliphatic heterocycles.